The maximum absolute atomic E-state index is 13.0. The van der Waals surface area contributed by atoms with E-state index in [1.165, 1.54) is 0 Å². The molecular formula is C31H40O6. The second-order valence-electron chi connectivity index (χ2n) is 10.8. The Morgan fingerprint density at radius 2 is 1.59 bits per heavy atom. The molecule has 2 aromatic rings. The van der Waals surface area contributed by atoms with Gasteiger partial charge in [0.2, 0.25) is 5.75 Å². The van der Waals surface area contributed by atoms with Crippen LogP contribution in [0.2, 0.25) is 0 Å². The van der Waals surface area contributed by atoms with Crippen LogP contribution in [0.25, 0.3) is 11.1 Å². The van der Waals surface area contributed by atoms with Gasteiger partial charge in [0.25, 0.3) is 0 Å². The van der Waals surface area contributed by atoms with E-state index in [-0.39, 0.29) is 29.6 Å². The van der Waals surface area contributed by atoms with E-state index < -0.39 is 11.4 Å². The minimum atomic E-state index is -1.00. The molecule has 0 heterocycles. The van der Waals surface area contributed by atoms with Crippen LogP contribution < -0.4 is 14.2 Å². The topological polar surface area (TPSA) is 82.1 Å². The predicted molar refractivity (Wildman–Crippen MR) is 144 cm³/mol. The molecule has 0 radical (unpaired) electrons. The van der Waals surface area contributed by atoms with Crippen molar-refractivity contribution < 1.29 is 28.9 Å². The number of methoxy groups -OCH3 is 2. The fraction of sp³-hybridized carbons (Fsp3) is 0.548. The number of hydrogen-bond acceptors (Lipinski definition) is 5. The average Bonchev–Trinajstić information content (AvgIpc) is 3.28. The van der Waals surface area contributed by atoms with Gasteiger partial charge in [0, 0.05) is 17.5 Å². The van der Waals surface area contributed by atoms with Crippen molar-refractivity contribution in [1.82, 2.24) is 0 Å². The Balaban J connectivity index is 1.84. The summed E-state index contributed by atoms with van der Waals surface area (Å²) in [6.45, 7) is 8.69. The number of carboxylic acids is 1. The molecule has 37 heavy (non-hydrogen) atoms. The van der Waals surface area contributed by atoms with Gasteiger partial charge in [-0.2, -0.15) is 0 Å². The summed E-state index contributed by atoms with van der Waals surface area (Å²) in [5.41, 5.74) is 2.07. The Kier molecular flexibility index (Phi) is 7.59. The van der Waals surface area contributed by atoms with Gasteiger partial charge in [0.1, 0.15) is 12.0 Å². The van der Waals surface area contributed by atoms with Crippen LogP contribution in [-0.4, -0.2) is 37.7 Å². The smallest absolute Gasteiger partial charge is 0.313 e. The molecule has 200 valence electrons. The zero-order valence-electron chi connectivity index (χ0n) is 23.0. The lowest BCUT2D eigenvalue weighted by molar-refractivity contribution is -0.207. The van der Waals surface area contributed by atoms with Crippen LogP contribution in [0, 0.1) is 22.7 Å². The summed E-state index contributed by atoms with van der Waals surface area (Å²) in [4.78, 5) is 25.5. The average molecular weight is 509 g/mol. The number of ether oxygens (including phenoxy) is 3. The number of hydrogen-bond donors (Lipinski definition) is 1. The number of fused-ring (bicyclic) bond motifs is 1. The number of carbonyl (C=O) groups excluding carboxylic acids is 1. The quantitative estimate of drug-likeness (QED) is 0.359. The summed E-state index contributed by atoms with van der Waals surface area (Å²) in [7, 11) is 3.13. The highest BCUT2D eigenvalue weighted by Crippen LogP contribution is 2.66. The molecule has 1 fully saturated rings. The first-order valence-corrected chi connectivity index (χ1v) is 13.5. The fourth-order valence-electron chi connectivity index (χ4n) is 7.13. The van der Waals surface area contributed by atoms with Gasteiger partial charge in [-0.1, -0.05) is 58.7 Å². The van der Waals surface area contributed by atoms with Gasteiger partial charge in [-0.25, -0.2) is 0 Å². The maximum Gasteiger partial charge on any atom is 0.313 e. The molecule has 0 bridgehead atoms. The molecule has 2 aliphatic carbocycles. The lowest BCUT2D eigenvalue weighted by Gasteiger charge is -2.62. The molecule has 0 spiro atoms. The van der Waals surface area contributed by atoms with Crippen molar-refractivity contribution in [3.8, 4) is 28.4 Å². The largest absolute Gasteiger partial charge is 0.493 e. The maximum atomic E-state index is 13.0. The molecule has 2 aliphatic rings. The number of Topliss-reactive ketones (excluding diaryl/α,β-unsaturated/α-hetero) is 1. The molecule has 3 unspecified atom stereocenters. The van der Waals surface area contributed by atoms with E-state index in [0.717, 1.165) is 41.5 Å². The lowest BCUT2D eigenvalue weighted by Crippen LogP contribution is -2.64. The molecule has 0 amide bonds. The number of carboxylic acid groups (broad SMARTS) is 1. The molecule has 0 saturated heterocycles. The molecule has 4 rings (SSSR count). The number of aliphatic carboxylic acids is 1. The second kappa shape index (κ2) is 10.4. The van der Waals surface area contributed by atoms with Crippen molar-refractivity contribution in [3.05, 3.63) is 41.5 Å². The van der Waals surface area contributed by atoms with Gasteiger partial charge >= 0.3 is 5.97 Å². The van der Waals surface area contributed by atoms with E-state index in [9.17, 15) is 14.7 Å². The number of rotatable bonds is 11. The van der Waals surface area contributed by atoms with Crippen molar-refractivity contribution in [2.45, 2.75) is 66.2 Å². The van der Waals surface area contributed by atoms with Crippen LogP contribution in [0.3, 0.4) is 0 Å². The minimum absolute atomic E-state index is 0.0432. The monoisotopic (exact) mass is 508 g/mol. The van der Waals surface area contributed by atoms with Gasteiger partial charge in [-0.15, -0.1) is 0 Å². The van der Waals surface area contributed by atoms with Crippen molar-refractivity contribution in [2.75, 3.05) is 20.8 Å². The third-order valence-corrected chi connectivity index (χ3v) is 9.58. The van der Waals surface area contributed by atoms with Crippen molar-refractivity contribution >= 4 is 11.8 Å². The van der Waals surface area contributed by atoms with Crippen LogP contribution in [0.5, 0.6) is 17.2 Å². The highest BCUT2D eigenvalue weighted by Gasteiger charge is 2.67. The normalized spacial score (nSPS) is 24.1. The Hall–Kier alpha value is -3.02. The van der Waals surface area contributed by atoms with Gasteiger partial charge in [0.05, 0.1) is 14.2 Å². The first-order valence-electron chi connectivity index (χ1n) is 13.5. The van der Waals surface area contributed by atoms with Gasteiger partial charge < -0.3 is 19.3 Å². The first kappa shape index (κ1) is 27.0. The van der Waals surface area contributed by atoms with Crippen molar-refractivity contribution in [1.29, 1.82) is 0 Å². The third kappa shape index (κ3) is 4.00. The SMILES string of the molecule is CCC(C)C1(C(C)CC)CCC1(COc1c(-c2cccc3c2CCC3=O)ccc(OC)c1OC)C(=O)O. The third-order valence-electron chi connectivity index (χ3n) is 9.58. The zero-order chi connectivity index (χ0) is 27.0. The van der Waals surface area contributed by atoms with E-state index in [0.29, 0.717) is 36.5 Å². The first-order chi connectivity index (χ1) is 17.7. The Labute approximate surface area is 220 Å². The molecule has 0 aliphatic heterocycles. The summed E-state index contributed by atoms with van der Waals surface area (Å²) in [5, 5.41) is 10.7. The zero-order valence-corrected chi connectivity index (χ0v) is 23.0. The fourth-order valence-corrected chi connectivity index (χ4v) is 7.13. The predicted octanol–water partition coefficient (Wildman–Crippen LogP) is 6.82. The summed E-state index contributed by atoms with van der Waals surface area (Å²) in [6, 6.07) is 9.50. The van der Waals surface area contributed by atoms with Crippen LogP contribution in [-0.2, 0) is 11.2 Å². The standard InChI is InChI=1S/C31H40O6/c1-7-19(3)31(20(4)8-2)17-16-30(31,29(33)34)18-37-27-24(13-15-26(35-5)28(27)36-6)21-10-9-11-23-22(21)12-14-25(23)32/h9-11,13,15,19-20H,7-8,12,14,16-18H2,1-6H3,(H,33,34). The van der Waals surface area contributed by atoms with Crippen LogP contribution in [0.1, 0.15) is 75.7 Å². The molecule has 0 aromatic heterocycles. The van der Waals surface area contributed by atoms with E-state index in [2.05, 4.69) is 27.7 Å². The molecule has 6 heteroatoms. The Bertz CT molecular complexity index is 1170. The molecule has 1 N–H and O–H groups in total. The summed E-state index contributed by atoms with van der Waals surface area (Å²) in [6.07, 6.45) is 4.44. The highest BCUT2D eigenvalue weighted by atomic mass is 16.5. The molecule has 1 saturated carbocycles. The molecular weight excluding hydrogens is 468 g/mol. The molecule has 3 atom stereocenters. The van der Waals surface area contributed by atoms with Gasteiger partial charge in [0.15, 0.2) is 17.3 Å². The van der Waals surface area contributed by atoms with E-state index in [1.54, 1.807) is 14.2 Å². The minimum Gasteiger partial charge on any atom is -0.493 e. The highest BCUT2D eigenvalue weighted by molar-refractivity contribution is 6.02. The summed E-state index contributed by atoms with van der Waals surface area (Å²) in [5.74, 6) is 1.23. The van der Waals surface area contributed by atoms with E-state index >= 15 is 0 Å². The van der Waals surface area contributed by atoms with E-state index in [4.69, 9.17) is 14.2 Å². The van der Waals surface area contributed by atoms with Crippen LogP contribution in [0.4, 0.5) is 0 Å². The molecule has 6 nitrogen and oxygen atoms in total. The van der Waals surface area contributed by atoms with Crippen LogP contribution >= 0.6 is 0 Å². The van der Waals surface area contributed by atoms with E-state index in [1.807, 2.05) is 30.3 Å². The van der Waals surface area contributed by atoms with Gasteiger partial charge in [-0.3, -0.25) is 9.59 Å². The lowest BCUT2D eigenvalue weighted by atomic mass is 9.40. The summed E-state index contributed by atoms with van der Waals surface area (Å²) >= 11 is 0. The number of carbonyl (C=O) groups is 2. The number of ketones is 1. The van der Waals surface area contributed by atoms with Crippen molar-refractivity contribution in [2.24, 2.45) is 22.7 Å². The summed E-state index contributed by atoms with van der Waals surface area (Å²) < 4.78 is 17.9. The second-order valence-corrected chi connectivity index (χ2v) is 10.8. The Morgan fingerprint density at radius 1 is 0.919 bits per heavy atom. The van der Waals surface area contributed by atoms with Gasteiger partial charge in [-0.05, 0) is 59.8 Å². The number of benzene rings is 2. The molecule has 2 aromatic carbocycles. The Morgan fingerprint density at radius 3 is 2.14 bits per heavy atom. The van der Waals surface area contributed by atoms with Crippen LogP contribution in [0.15, 0.2) is 30.3 Å². The van der Waals surface area contributed by atoms with Crippen molar-refractivity contribution in [3.63, 3.8) is 0 Å².